The molecule has 34 heavy (non-hydrogen) atoms. The molecule has 4 unspecified atom stereocenters. The number of ketones is 2. The summed E-state index contributed by atoms with van der Waals surface area (Å²) in [5, 5.41) is 0. The molecule has 2 heteroatoms. The van der Waals surface area contributed by atoms with Crippen LogP contribution in [0.15, 0.2) is 133 Å². The van der Waals surface area contributed by atoms with Crippen LogP contribution in [0.5, 0.6) is 0 Å². The lowest BCUT2D eigenvalue weighted by Gasteiger charge is -2.38. The molecular weight excluding hydrogens is 416 g/mol. The number of allylic oxidation sites excluding steroid dienone is 2. The zero-order chi connectivity index (χ0) is 23.3. The van der Waals surface area contributed by atoms with E-state index in [-0.39, 0.29) is 23.4 Å². The second kappa shape index (κ2) is 9.84. The minimum atomic E-state index is -0.521. The van der Waals surface area contributed by atoms with Gasteiger partial charge in [0.1, 0.15) is 0 Å². The summed E-state index contributed by atoms with van der Waals surface area (Å²) in [4.78, 5) is 28.2. The molecule has 166 valence electrons. The van der Waals surface area contributed by atoms with Crippen molar-refractivity contribution in [1.29, 1.82) is 0 Å². The van der Waals surface area contributed by atoms with E-state index in [4.69, 9.17) is 0 Å². The van der Waals surface area contributed by atoms with Gasteiger partial charge in [-0.05, 0) is 11.1 Å². The Morgan fingerprint density at radius 3 is 1.03 bits per heavy atom. The molecule has 2 nitrogen and oxygen atoms in total. The molecule has 0 radical (unpaired) electrons. The third kappa shape index (κ3) is 4.27. The van der Waals surface area contributed by atoms with Crippen LogP contribution in [-0.2, 0) is 0 Å². The van der Waals surface area contributed by atoms with Crippen molar-refractivity contribution in [3.63, 3.8) is 0 Å². The molecule has 1 aliphatic carbocycles. The lowest BCUT2D eigenvalue weighted by Crippen LogP contribution is -2.40. The van der Waals surface area contributed by atoms with Crippen LogP contribution in [0.4, 0.5) is 0 Å². The van der Waals surface area contributed by atoms with Gasteiger partial charge in [0.15, 0.2) is 11.6 Å². The smallest absolute Gasteiger partial charge is 0.167 e. The molecule has 4 atom stereocenters. The lowest BCUT2D eigenvalue weighted by atomic mass is 9.62. The van der Waals surface area contributed by atoms with Gasteiger partial charge >= 0.3 is 0 Å². The second-order valence-corrected chi connectivity index (χ2v) is 8.77. The minimum absolute atomic E-state index is 0.00835. The highest BCUT2D eigenvalue weighted by molar-refractivity contribution is 6.06. The first-order valence-corrected chi connectivity index (χ1v) is 11.7. The molecule has 0 spiro atoms. The van der Waals surface area contributed by atoms with E-state index in [1.165, 1.54) is 0 Å². The summed E-state index contributed by atoms with van der Waals surface area (Å²) in [6.07, 6.45) is 4.26. The lowest BCUT2D eigenvalue weighted by molar-refractivity contribution is 0.0724. The number of benzene rings is 4. The first-order chi connectivity index (χ1) is 16.7. The van der Waals surface area contributed by atoms with Gasteiger partial charge in [-0.1, -0.05) is 133 Å². The highest BCUT2D eigenvalue weighted by Gasteiger charge is 2.45. The largest absolute Gasteiger partial charge is 0.294 e. The third-order valence-corrected chi connectivity index (χ3v) is 6.78. The average molecular weight is 443 g/mol. The molecule has 5 rings (SSSR count). The van der Waals surface area contributed by atoms with Gasteiger partial charge in [-0.25, -0.2) is 0 Å². The fourth-order valence-corrected chi connectivity index (χ4v) is 5.16. The van der Waals surface area contributed by atoms with Gasteiger partial charge in [0.05, 0.1) is 0 Å². The van der Waals surface area contributed by atoms with E-state index < -0.39 is 11.8 Å². The van der Waals surface area contributed by atoms with E-state index in [0.29, 0.717) is 11.1 Å². The Hall–Kier alpha value is -4.04. The normalized spacial score (nSPS) is 21.6. The van der Waals surface area contributed by atoms with Gasteiger partial charge in [0.25, 0.3) is 0 Å². The molecular formula is C32H26O2. The predicted molar refractivity (Wildman–Crippen MR) is 136 cm³/mol. The molecule has 0 amide bonds. The summed E-state index contributed by atoms with van der Waals surface area (Å²) in [5.41, 5.74) is 3.37. The van der Waals surface area contributed by atoms with Crippen LogP contribution in [0, 0.1) is 11.8 Å². The van der Waals surface area contributed by atoms with Gasteiger partial charge in [0, 0.05) is 34.8 Å². The molecule has 0 N–H and O–H groups in total. The number of carbonyl (C=O) groups is 2. The maximum Gasteiger partial charge on any atom is 0.167 e. The zero-order valence-electron chi connectivity index (χ0n) is 18.8. The standard InChI is InChI=1S/C32H26O2/c33-31(25-17-9-3-10-18-25)29-27(23-13-5-1-6-14-23)21-22-28(24-15-7-2-8-16-24)30(29)32(34)26-19-11-4-12-20-26/h1-22,27-30H. The van der Waals surface area contributed by atoms with Crippen LogP contribution >= 0.6 is 0 Å². The van der Waals surface area contributed by atoms with Gasteiger partial charge in [-0.3, -0.25) is 9.59 Å². The van der Waals surface area contributed by atoms with Crippen molar-refractivity contribution in [3.8, 4) is 0 Å². The molecule has 0 saturated heterocycles. The summed E-state index contributed by atoms with van der Waals surface area (Å²) in [6, 6.07) is 38.9. The molecule has 1 aliphatic rings. The molecule has 0 saturated carbocycles. The van der Waals surface area contributed by atoms with Crippen molar-refractivity contribution in [2.24, 2.45) is 11.8 Å². The molecule has 0 fully saturated rings. The zero-order valence-corrected chi connectivity index (χ0v) is 18.8. The van der Waals surface area contributed by atoms with E-state index >= 15 is 0 Å². The fourth-order valence-electron chi connectivity index (χ4n) is 5.16. The number of rotatable bonds is 6. The third-order valence-electron chi connectivity index (χ3n) is 6.78. The average Bonchev–Trinajstić information content (AvgIpc) is 2.93. The minimum Gasteiger partial charge on any atom is -0.294 e. The summed E-state index contributed by atoms with van der Waals surface area (Å²) in [5.74, 6) is -1.40. The van der Waals surface area contributed by atoms with Gasteiger partial charge in [0.2, 0.25) is 0 Å². The van der Waals surface area contributed by atoms with Crippen molar-refractivity contribution in [3.05, 3.63) is 156 Å². The van der Waals surface area contributed by atoms with Gasteiger partial charge in [-0.15, -0.1) is 0 Å². The maximum absolute atomic E-state index is 14.1. The van der Waals surface area contributed by atoms with Crippen LogP contribution in [0.2, 0.25) is 0 Å². The monoisotopic (exact) mass is 442 g/mol. The Labute approximate surface area is 200 Å². The fraction of sp³-hybridized carbons (Fsp3) is 0.125. The Morgan fingerprint density at radius 1 is 0.412 bits per heavy atom. The molecule has 0 aliphatic heterocycles. The van der Waals surface area contributed by atoms with E-state index in [1.807, 2.05) is 121 Å². The van der Waals surface area contributed by atoms with Crippen LogP contribution in [-0.4, -0.2) is 11.6 Å². The van der Waals surface area contributed by atoms with Crippen LogP contribution < -0.4 is 0 Å². The Kier molecular flexibility index (Phi) is 6.31. The summed E-state index contributed by atoms with van der Waals surface area (Å²) in [6.45, 7) is 0. The first kappa shape index (κ1) is 21.8. The molecule has 0 bridgehead atoms. The maximum atomic E-state index is 14.1. The van der Waals surface area contributed by atoms with E-state index in [2.05, 4.69) is 12.2 Å². The van der Waals surface area contributed by atoms with Crippen molar-refractivity contribution in [1.82, 2.24) is 0 Å². The Morgan fingerprint density at radius 2 is 0.706 bits per heavy atom. The van der Waals surface area contributed by atoms with Crippen molar-refractivity contribution >= 4 is 11.6 Å². The summed E-state index contributed by atoms with van der Waals surface area (Å²) >= 11 is 0. The molecule has 4 aromatic carbocycles. The predicted octanol–water partition coefficient (Wildman–Crippen LogP) is 7.12. The van der Waals surface area contributed by atoms with Gasteiger partial charge < -0.3 is 0 Å². The van der Waals surface area contributed by atoms with Crippen molar-refractivity contribution in [2.75, 3.05) is 0 Å². The molecule has 4 aromatic rings. The van der Waals surface area contributed by atoms with Crippen LogP contribution in [0.3, 0.4) is 0 Å². The van der Waals surface area contributed by atoms with Crippen molar-refractivity contribution < 1.29 is 9.59 Å². The summed E-state index contributed by atoms with van der Waals surface area (Å²) in [7, 11) is 0. The quantitative estimate of drug-likeness (QED) is 0.235. The van der Waals surface area contributed by atoms with E-state index in [9.17, 15) is 9.59 Å². The number of hydrogen-bond acceptors (Lipinski definition) is 2. The highest BCUT2D eigenvalue weighted by Crippen LogP contribution is 2.47. The molecule has 0 aromatic heterocycles. The van der Waals surface area contributed by atoms with E-state index in [0.717, 1.165) is 11.1 Å². The molecule has 0 heterocycles. The topological polar surface area (TPSA) is 34.1 Å². The second-order valence-electron chi connectivity index (χ2n) is 8.77. The van der Waals surface area contributed by atoms with E-state index in [1.54, 1.807) is 0 Å². The number of Topliss-reactive ketones (excluding diaryl/α,β-unsaturated/α-hetero) is 2. The highest BCUT2D eigenvalue weighted by atomic mass is 16.1. The van der Waals surface area contributed by atoms with Gasteiger partial charge in [-0.2, -0.15) is 0 Å². The Balaban J connectivity index is 1.70. The Bertz CT molecular complexity index is 1180. The van der Waals surface area contributed by atoms with Crippen LogP contribution in [0.1, 0.15) is 43.7 Å². The summed E-state index contributed by atoms with van der Waals surface area (Å²) < 4.78 is 0. The van der Waals surface area contributed by atoms with Crippen LogP contribution in [0.25, 0.3) is 0 Å². The van der Waals surface area contributed by atoms with Crippen molar-refractivity contribution in [2.45, 2.75) is 11.8 Å². The number of carbonyl (C=O) groups excluding carboxylic acids is 2. The first-order valence-electron chi connectivity index (χ1n) is 11.7. The number of hydrogen-bond donors (Lipinski definition) is 0. The SMILES string of the molecule is O=C(c1ccccc1)C1C(c2ccccc2)C=CC(c2ccccc2)C1C(=O)c1ccccc1.